The van der Waals surface area contributed by atoms with E-state index in [0.717, 1.165) is 10.6 Å². The Labute approximate surface area is 126 Å². The van der Waals surface area contributed by atoms with Gasteiger partial charge in [-0.15, -0.1) is 22.9 Å². The third-order valence-corrected chi connectivity index (χ3v) is 6.15. The molecule has 0 amide bonds. The number of nitrogens with one attached hydrogen (secondary N) is 1. The molecule has 2 aromatic heterocycles. The molecular weight excluding hydrogens is 320 g/mol. The summed E-state index contributed by atoms with van der Waals surface area (Å²) in [5, 5.41) is 6.59. The zero-order valence-corrected chi connectivity index (χ0v) is 13.7. The number of aromatic amines is 1. The molecular formula is C11H15ClN4O2S2. The SMILES string of the molecule is Cc1ncsc1CN(C)S(=O)(=O)c1c(CCl)n[nH]c1C. The van der Waals surface area contributed by atoms with Gasteiger partial charge < -0.3 is 0 Å². The number of nitrogens with zero attached hydrogens (tertiary/aromatic N) is 3. The molecule has 2 rings (SSSR count). The van der Waals surface area contributed by atoms with E-state index in [-0.39, 0.29) is 17.3 Å². The molecule has 0 aliphatic rings. The molecule has 0 fully saturated rings. The lowest BCUT2D eigenvalue weighted by atomic mass is 10.4. The van der Waals surface area contributed by atoms with Crippen LogP contribution in [-0.2, 0) is 22.4 Å². The number of rotatable bonds is 5. The molecule has 0 radical (unpaired) electrons. The third-order valence-electron chi connectivity index (χ3n) is 2.97. The molecule has 0 aliphatic heterocycles. The maximum Gasteiger partial charge on any atom is 0.246 e. The first kappa shape index (κ1) is 15.4. The van der Waals surface area contributed by atoms with E-state index in [9.17, 15) is 8.42 Å². The molecule has 2 aromatic rings. The molecule has 0 saturated carbocycles. The van der Waals surface area contributed by atoms with Gasteiger partial charge in [0.05, 0.1) is 28.5 Å². The number of sulfonamides is 1. The van der Waals surface area contributed by atoms with Crippen molar-refractivity contribution in [1.82, 2.24) is 19.5 Å². The first-order chi connectivity index (χ1) is 9.37. The van der Waals surface area contributed by atoms with Gasteiger partial charge in [-0.25, -0.2) is 13.4 Å². The van der Waals surface area contributed by atoms with Crippen molar-refractivity contribution < 1.29 is 8.42 Å². The molecule has 0 unspecified atom stereocenters. The minimum atomic E-state index is -3.63. The molecule has 0 bridgehead atoms. The van der Waals surface area contributed by atoms with Crippen LogP contribution < -0.4 is 0 Å². The second-order valence-electron chi connectivity index (χ2n) is 4.38. The summed E-state index contributed by atoms with van der Waals surface area (Å²) in [5.41, 5.74) is 3.39. The van der Waals surface area contributed by atoms with Crippen LogP contribution in [-0.4, -0.2) is 35.0 Å². The summed E-state index contributed by atoms with van der Waals surface area (Å²) >= 11 is 7.19. The van der Waals surface area contributed by atoms with E-state index in [0.29, 0.717) is 11.4 Å². The van der Waals surface area contributed by atoms with Gasteiger partial charge in [0.2, 0.25) is 10.0 Å². The highest BCUT2D eigenvalue weighted by atomic mass is 35.5. The second kappa shape index (κ2) is 5.80. The van der Waals surface area contributed by atoms with E-state index in [4.69, 9.17) is 11.6 Å². The van der Waals surface area contributed by atoms with Gasteiger partial charge in [-0.3, -0.25) is 5.10 Å². The van der Waals surface area contributed by atoms with E-state index >= 15 is 0 Å². The highest BCUT2D eigenvalue weighted by Gasteiger charge is 2.28. The summed E-state index contributed by atoms with van der Waals surface area (Å²) in [6, 6.07) is 0. The maximum absolute atomic E-state index is 12.6. The van der Waals surface area contributed by atoms with Crippen molar-refractivity contribution in [2.45, 2.75) is 31.2 Å². The number of hydrogen-bond acceptors (Lipinski definition) is 5. The molecule has 9 heteroatoms. The molecule has 0 spiro atoms. The van der Waals surface area contributed by atoms with Crippen molar-refractivity contribution in [3.05, 3.63) is 27.5 Å². The van der Waals surface area contributed by atoms with Crippen molar-refractivity contribution in [3.8, 4) is 0 Å². The highest BCUT2D eigenvalue weighted by Crippen LogP contribution is 2.25. The fourth-order valence-electron chi connectivity index (χ4n) is 1.82. The van der Waals surface area contributed by atoms with Gasteiger partial charge in [0.25, 0.3) is 0 Å². The Morgan fingerprint density at radius 2 is 2.15 bits per heavy atom. The fraction of sp³-hybridized carbons (Fsp3) is 0.455. The first-order valence-corrected chi connectivity index (χ1v) is 8.68. The highest BCUT2D eigenvalue weighted by molar-refractivity contribution is 7.89. The Hall–Kier alpha value is -0.960. The molecule has 0 aliphatic carbocycles. The van der Waals surface area contributed by atoms with E-state index in [1.165, 1.54) is 15.6 Å². The number of aromatic nitrogens is 3. The van der Waals surface area contributed by atoms with Crippen molar-refractivity contribution in [2.75, 3.05) is 7.05 Å². The van der Waals surface area contributed by atoms with Crippen LogP contribution in [0, 0.1) is 13.8 Å². The lowest BCUT2D eigenvalue weighted by molar-refractivity contribution is 0.467. The minimum Gasteiger partial charge on any atom is -0.281 e. The van der Waals surface area contributed by atoms with E-state index in [2.05, 4.69) is 15.2 Å². The summed E-state index contributed by atoms with van der Waals surface area (Å²) in [7, 11) is -2.09. The van der Waals surface area contributed by atoms with Crippen molar-refractivity contribution >= 4 is 33.0 Å². The number of H-pyrrole nitrogens is 1. The Morgan fingerprint density at radius 3 is 2.70 bits per heavy atom. The Kier molecular flexibility index (Phi) is 4.48. The van der Waals surface area contributed by atoms with E-state index in [1.807, 2.05) is 6.92 Å². The van der Waals surface area contributed by atoms with Crippen molar-refractivity contribution in [1.29, 1.82) is 0 Å². The molecule has 2 heterocycles. The molecule has 0 aromatic carbocycles. The van der Waals surface area contributed by atoms with Gasteiger partial charge >= 0.3 is 0 Å². The van der Waals surface area contributed by atoms with Crippen LogP contribution in [0.2, 0.25) is 0 Å². The van der Waals surface area contributed by atoms with Crippen LogP contribution in [0.4, 0.5) is 0 Å². The number of thiazole rings is 1. The Bertz CT molecular complexity index is 708. The summed E-state index contributed by atoms with van der Waals surface area (Å²) in [6.07, 6.45) is 0. The predicted molar refractivity (Wildman–Crippen MR) is 78.4 cm³/mol. The standard InChI is InChI=1S/C11H15ClN4O2S2/c1-7-10(19-6-13-7)5-16(3)20(17,18)11-8(2)14-15-9(11)4-12/h6H,4-5H2,1-3H3,(H,14,15). The zero-order valence-electron chi connectivity index (χ0n) is 11.3. The number of alkyl halides is 1. The number of aryl methyl sites for hydroxylation is 2. The van der Waals surface area contributed by atoms with Crippen LogP contribution >= 0.6 is 22.9 Å². The average molecular weight is 335 g/mol. The molecule has 6 nitrogen and oxygen atoms in total. The smallest absolute Gasteiger partial charge is 0.246 e. The normalized spacial score (nSPS) is 12.2. The number of halogens is 1. The summed E-state index contributed by atoms with van der Waals surface area (Å²) in [6.45, 7) is 3.81. The predicted octanol–water partition coefficient (Wildman–Crippen LogP) is 2.04. The molecule has 0 atom stereocenters. The summed E-state index contributed by atoms with van der Waals surface area (Å²) in [5.74, 6) is 0.0479. The van der Waals surface area contributed by atoms with E-state index in [1.54, 1.807) is 19.5 Å². The number of hydrogen-bond donors (Lipinski definition) is 1. The lowest BCUT2D eigenvalue weighted by Gasteiger charge is -2.17. The van der Waals surface area contributed by atoms with Crippen LogP contribution in [0.25, 0.3) is 0 Å². The summed E-state index contributed by atoms with van der Waals surface area (Å²) < 4.78 is 26.5. The Balaban J connectivity index is 2.35. The first-order valence-electron chi connectivity index (χ1n) is 5.83. The van der Waals surface area contributed by atoms with Crippen LogP contribution in [0.15, 0.2) is 10.4 Å². The van der Waals surface area contributed by atoms with Gasteiger partial charge in [-0.05, 0) is 13.8 Å². The monoisotopic (exact) mass is 334 g/mol. The minimum absolute atomic E-state index is 0.0479. The molecule has 1 N–H and O–H groups in total. The quantitative estimate of drug-likeness (QED) is 0.849. The van der Waals surface area contributed by atoms with Gasteiger partial charge in [0.15, 0.2) is 0 Å². The second-order valence-corrected chi connectivity index (χ2v) is 7.57. The van der Waals surface area contributed by atoms with Gasteiger partial charge in [0.1, 0.15) is 4.90 Å². The van der Waals surface area contributed by atoms with Crippen LogP contribution in [0.1, 0.15) is 22.0 Å². The maximum atomic E-state index is 12.6. The van der Waals surface area contributed by atoms with Gasteiger partial charge in [0, 0.05) is 18.5 Å². The van der Waals surface area contributed by atoms with Crippen LogP contribution in [0.3, 0.4) is 0 Å². The Morgan fingerprint density at radius 1 is 1.45 bits per heavy atom. The topological polar surface area (TPSA) is 79.0 Å². The van der Waals surface area contributed by atoms with E-state index < -0.39 is 10.0 Å². The van der Waals surface area contributed by atoms with Gasteiger partial charge in [-0.2, -0.15) is 9.40 Å². The molecule has 0 saturated heterocycles. The third kappa shape index (κ3) is 2.73. The van der Waals surface area contributed by atoms with Crippen molar-refractivity contribution in [3.63, 3.8) is 0 Å². The van der Waals surface area contributed by atoms with Crippen molar-refractivity contribution in [2.24, 2.45) is 0 Å². The lowest BCUT2D eigenvalue weighted by Crippen LogP contribution is -2.27. The average Bonchev–Trinajstić information content (AvgIpc) is 2.96. The largest absolute Gasteiger partial charge is 0.281 e. The van der Waals surface area contributed by atoms with Gasteiger partial charge in [-0.1, -0.05) is 0 Å². The van der Waals surface area contributed by atoms with Crippen LogP contribution in [0.5, 0.6) is 0 Å². The molecule has 110 valence electrons. The summed E-state index contributed by atoms with van der Waals surface area (Å²) in [4.78, 5) is 5.21. The molecule has 20 heavy (non-hydrogen) atoms. The fourth-order valence-corrected chi connectivity index (χ4v) is 4.47. The zero-order chi connectivity index (χ0) is 14.9.